The third-order valence-electron chi connectivity index (χ3n) is 5.03. The molecule has 138 valence electrons. The number of carbonyl (C=O) groups excluding carboxylic acids is 2. The molecule has 2 amide bonds. The van der Waals surface area contributed by atoms with Crippen LogP contribution in [0.3, 0.4) is 0 Å². The van der Waals surface area contributed by atoms with Crippen molar-refractivity contribution in [3.8, 4) is 0 Å². The summed E-state index contributed by atoms with van der Waals surface area (Å²) in [7, 11) is 0. The second-order valence-corrected chi connectivity index (χ2v) is 8.14. The van der Waals surface area contributed by atoms with Crippen LogP contribution < -0.4 is 0 Å². The van der Waals surface area contributed by atoms with Crippen molar-refractivity contribution >= 4 is 23.2 Å². The number of carbonyl (C=O) groups is 2. The summed E-state index contributed by atoms with van der Waals surface area (Å²) in [5, 5.41) is 0.936. The van der Waals surface area contributed by atoms with Gasteiger partial charge in [-0.15, -0.1) is 11.3 Å². The van der Waals surface area contributed by atoms with Crippen molar-refractivity contribution in [2.75, 3.05) is 39.4 Å². The Hall–Kier alpha value is -1.47. The molecule has 2 aliphatic rings. The van der Waals surface area contributed by atoms with Crippen LogP contribution in [0.2, 0.25) is 0 Å². The molecule has 25 heavy (non-hydrogen) atoms. The Kier molecular flexibility index (Phi) is 6.06. The van der Waals surface area contributed by atoms with E-state index in [1.807, 2.05) is 23.6 Å². The van der Waals surface area contributed by atoms with Crippen LogP contribution in [0.1, 0.15) is 46.1 Å². The number of piperidine rings is 1. The zero-order valence-electron chi connectivity index (χ0n) is 15.1. The summed E-state index contributed by atoms with van der Waals surface area (Å²) >= 11 is 1.48. The van der Waals surface area contributed by atoms with Gasteiger partial charge in [-0.1, -0.05) is 0 Å². The highest BCUT2D eigenvalue weighted by atomic mass is 32.1. The lowest BCUT2D eigenvalue weighted by molar-refractivity contribution is -0.135. The molecule has 0 unspecified atom stereocenters. The molecule has 0 aliphatic carbocycles. The number of amides is 2. The molecule has 0 bridgehead atoms. The number of thiazole rings is 1. The van der Waals surface area contributed by atoms with Gasteiger partial charge in [0.2, 0.25) is 5.91 Å². The lowest BCUT2D eigenvalue weighted by Gasteiger charge is -2.33. The molecular formula is C18H27N3O3S. The maximum Gasteiger partial charge on any atom is 0.265 e. The van der Waals surface area contributed by atoms with E-state index in [1.165, 1.54) is 11.3 Å². The number of aromatic nitrogens is 1. The van der Waals surface area contributed by atoms with E-state index in [0.717, 1.165) is 47.9 Å². The number of morpholine rings is 1. The highest BCUT2D eigenvalue weighted by Gasteiger charge is 2.27. The summed E-state index contributed by atoms with van der Waals surface area (Å²) in [5.41, 5.74) is 0.831. The first-order chi connectivity index (χ1) is 12.0. The van der Waals surface area contributed by atoms with E-state index in [4.69, 9.17) is 4.74 Å². The van der Waals surface area contributed by atoms with Crippen molar-refractivity contribution < 1.29 is 14.3 Å². The molecule has 1 atom stereocenters. The van der Waals surface area contributed by atoms with Gasteiger partial charge in [-0.3, -0.25) is 9.59 Å². The topological polar surface area (TPSA) is 62.7 Å². The van der Waals surface area contributed by atoms with Gasteiger partial charge in [-0.25, -0.2) is 4.98 Å². The minimum absolute atomic E-state index is 0.104. The van der Waals surface area contributed by atoms with Crippen molar-refractivity contribution in [1.29, 1.82) is 0 Å². The summed E-state index contributed by atoms with van der Waals surface area (Å²) in [6, 6.07) is 0. The molecule has 2 saturated heterocycles. The van der Waals surface area contributed by atoms with Crippen LogP contribution >= 0.6 is 11.3 Å². The number of rotatable bonds is 4. The molecule has 0 aromatic carbocycles. The van der Waals surface area contributed by atoms with Gasteiger partial charge in [0.1, 0.15) is 4.88 Å². The molecule has 3 heterocycles. The Morgan fingerprint density at radius 2 is 1.96 bits per heavy atom. The van der Waals surface area contributed by atoms with Crippen molar-refractivity contribution in [3.05, 3.63) is 15.6 Å². The smallest absolute Gasteiger partial charge is 0.265 e. The number of hydrogen-bond donors (Lipinski definition) is 0. The van der Waals surface area contributed by atoms with Crippen molar-refractivity contribution in [2.45, 2.75) is 39.5 Å². The van der Waals surface area contributed by atoms with Crippen molar-refractivity contribution in [1.82, 2.24) is 14.8 Å². The van der Waals surface area contributed by atoms with Gasteiger partial charge in [0.25, 0.3) is 5.91 Å². The molecule has 0 spiro atoms. The van der Waals surface area contributed by atoms with Crippen molar-refractivity contribution in [3.63, 3.8) is 0 Å². The number of likely N-dealkylation sites (tertiary alicyclic amines) is 1. The van der Waals surface area contributed by atoms with Gasteiger partial charge in [-0.2, -0.15) is 0 Å². The largest absolute Gasteiger partial charge is 0.378 e. The normalized spacial score (nSPS) is 21.4. The Morgan fingerprint density at radius 1 is 1.20 bits per heavy atom. The first-order valence-electron chi connectivity index (χ1n) is 9.13. The van der Waals surface area contributed by atoms with E-state index >= 15 is 0 Å². The van der Waals surface area contributed by atoms with E-state index in [0.29, 0.717) is 38.6 Å². The van der Waals surface area contributed by atoms with Crippen molar-refractivity contribution in [2.24, 2.45) is 5.92 Å². The highest BCUT2D eigenvalue weighted by molar-refractivity contribution is 7.13. The summed E-state index contributed by atoms with van der Waals surface area (Å²) in [4.78, 5) is 34.1. The molecule has 6 nitrogen and oxygen atoms in total. The lowest BCUT2D eigenvalue weighted by atomic mass is 9.93. The first-order valence-corrected chi connectivity index (χ1v) is 9.95. The SMILES string of the molecule is Cc1nc(C)c(C(=O)N2CCC[C@@H](CCC(=O)N3CCOCC3)C2)s1. The van der Waals surface area contributed by atoms with Gasteiger partial charge in [0.05, 0.1) is 23.9 Å². The summed E-state index contributed by atoms with van der Waals surface area (Å²) in [6.45, 7) is 8.10. The molecule has 2 aliphatic heterocycles. The molecule has 1 aromatic rings. The van der Waals surface area contributed by atoms with Crippen LogP contribution in [0.25, 0.3) is 0 Å². The maximum atomic E-state index is 12.8. The van der Waals surface area contributed by atoms with Crippen LogP contribution in [0.15, 0.2) is 0 Å². The molecule has 0 radical (unpaired) electrons. The fraction of sp³-hybridized carbons (Fsp3) is 0.722. The van der Waals surface area contributed by atoms with Crippen LogP contribution in [0.5, 0.6) is 0 Å². The van der Waals surface area contributed by atoms with Gasteiger partial charge in [0, 0.05) is 32.6 Å². The zero-order chi connectivity index (χ0) is 17.8. The third-order valence-corrected chi connectivity index (χ3v) is 6.10. The van der Waals surface area contributed by atoms with E-state index in [-0.39, 0.29) is 11.8 Å². The second kappa shape index (κ2) is 8.27. The average molecular weight is 365 g/mol. The summed E-state index contributed by atoms with van der Waals surface area (Å²) < 4.78 is 5.30. The van der Waals surface area contributed by atoms with E-state index < -0.39 is 0 Å². The molecule has 7 heteroatoms. The van der Waals surface area contributed by atoms with E-state index in [1.54, 1.807) is 0 Å². The minimum Gasteiger partial charge on any atom is -0.378 e. The van der Waals surface area contributed by atoms with Gasteiger partial charge >= 0.3 is 0 Å². The second-order valence-electron chi connectivity index (χ2n) is 6.94. The molecule has 0 N–H and O–H groups in total. The van der Waals surface area contributed by atoms with Gasteiger partial charge < -0.3 is 14.5 Å². The predicted molar refractivity (Wildman–Crippen MR) is 96.8 cm³/mol. The highest BCUT2D eigenvalue weighted by Crippen LogP contribution is 2.25. The number of ether oxygens (including phenoxy) is 1. The average Bonchev–Trinajstić information content (AvgIpc) is 2.98. The first kappa shape index (κ1) is 18.3. The molecule has 0 saturated carbocycles. The Labute approximate surface area is 153 Å². The molecule has 3 rings (SSSR count). The monoisotopic (exact) mass is 365 g/mol. The Balaban J connectivity index is 1.51. The number of hydrogen-bond acceptors (Lipinski definition) is 5. The maximum absolute atomic E-state index is 12.8. The van der Waals surface area contributed by atoms with Crippen LogP contribution in [0, 0.1) is 19.8 Å². The van der Waals surface area contributed by atoms with Crippen LogP contribution in [0.4, 0.5) is 0 Å². The minimum atomic E-state index is 0.104. The zero-order valence-corrected chi connectivity index (χ0v) is 15.9. The standard InChI is InChI=1S/C18H27N3O3S/c1-13-17(25-14(2)19-13)18(23)21-7-3-4-15(12-21)5-6-16(22)20-8-10-24-11-9-20/h15H,3-12H2,1-2H3/t15-/m0/s1. The molecule has 1 aromatic heterocycles. The quantitative estimate of drug-likeness (QED) is 0.821. The fourth-order valence-electron chi connectivity index (χ4n) is 3.66. The van der Waals surface area contributed by atoms with E-state index in [9.17, 15) is 9.59 Å². The Bertz CT molecular complexity index is 625. The predicted octanol–water partition coefficient (Wildman–Crippen LogP) is 2.25. The Morgan fingerprint density at radius 3 is 2.64 bits per heavy atom. The molecular weight excluding hydrogens is 338 g/mol. The van der Waals surface area contributed by atoms with E-state index in [2.05, 4.69) is 4.98 Å². The number of nitrogens with zero attached hydrogens (tertiary/aromatic N) is 3. The molecule has 2 fully saturated rings. The third kappa shape index (κ3) is 4.58. The summed E-state index contributed by atoms with van der Waals surface area (Å²) in [5.74, 6) is 0.741. The summed E-state index contributed by atoms with van der Waals surface area (Å²) in [6.07, 6.45) is 3.55. The number of aryl methyl sites for hydroxylation is 2. The van der Waals surface area contributed by atoms with Gasteiger partial charge in [0.15, 0.2) is 0 Å². The van der Waals surface area contributed by atoms with Crippen LogP contribution in [-0.4, -0.2) is 66.0 Å². The van der Waals surface area contributed by atoms with Crippen LogP contribution in [-0.2, 0) is 9.53 Å². The fourth-order valence-corrected chi connectivity index (χ4v) is 4.54. The lowest BCUT2D eigenvalue weighted by Crippen LogP contribution is -2.42. The van der Waals surface area contributed by atoms with Gasteiger partial charge in [-0.05, 0) is 39.0 Å².